The van der Waals surface area contributed by atoms with Crippen molar-refractivity contribution in [3.8, 4) is 0 Å². The fourth-order valence-corrected chi connectivity index (χ4v) is 2.33. The van der Waals surface area contributed by atoms with Crippen molar-refractivity contribution in [1.82, 2.24) is 5.32 Å². The number of thiophene rings is 1. The Morgan fingerprint density at radius 2 is 2.13 bits per heavy atom. The predicted octanol–water partition coefficient (Wildman–Crippen LogP) is 2.81. The van der Waals surface area contributed by atoms with Crippen molar-refractivity contribution in [2.45, 2.75) is 39.3 Å². The van der Waals surface area contributed by atoms with Crippen LogP contribution in [0.1, 0.15) is 38.8 Å². The van der Waals surface area contributed by atoms with Crippen LogP contribution in [0.3, 0.4) is 0 Å². The summed E-state index contributed by atoms with van der Waals surface area (Å²) in [5.41, 5.74) is 1.30. The third kappa shape index (κ3) is 4.78. The van der Waals surface area contributed by atoms with Crippen molar-refractivity contribution >= 4 is 11.3 Å². The summed E-state index contributed by atoms with van der Waals surface area (Å²) in [6.07, 6.45) is 0.634. The molecule has 0 saturated heterocycles. The minimum Gasteiger partial charge on any atom is -0.392 e. The van der Waals surface area contributed by atoms with Gasteiger partial charge in [-0.05, 0) is 41.7 Å². The van der Waals surface area contributed by atoms with Gasteiger partial charge >= 0.3 is 0 Å². The fourth-order valence-electron chi connectivity index (χ4n) is 1.58. The van der Waals surface area contributed by atoms with Crippen LogP contribution in [-0.4, -0.2) is 17.8 Å². The molecular weight excluding hydrogens is 206 g/mol. The molecule has 1 rings (SSSR count). The lowest BCUT2D eigenvalue weighted by Gasteiger charge is -2.17. The Morgan fingerprint density at radius 3 is 2.67 bits per heavy atom. The second-order valence-corrected chi connectivity index (χ2v) is 5.25. The Bertz CT molecular complexity index is 259. The molecule has 0 spiro atoms. The largest absolute Gasteiger partial charge is 0.392 e. The highest BCUT2D eigenvalue weighted by atomic mass is 32.1. The van der Waals surface area contributed by atoms with E-state index in [1.807, 2.05) is 0 Å². The monoisotopic (exact) mass is 227 g/mol. The highest BCUT2D eigenvalue weighted by molar-refractivity contribution is 7.07. The molecule has 2 nitrogen and oxygen atoms in total. The van der Waals surface area contributed by atoms with Gasteiger partial charge in [0.2, 0.25) is 0 Å². The van der Waals surface area contributed by atoms with Crippen LogP contribution in [-0.2, 0) is 0 Å². The summed E-state index contributed by atoms with van der Waals surface area (Å²) in [6.45, 7) is 7.07. The zero-order chi connectivity index (χ0) is 11.3. The summed E-state index contributed by atoms with van der Waals surface area (Å²) >= 11 is 1.71. The van der Waals surface area contributed by atoms with Gasteiger partial charge in [-0.1, -0.05) is 13.8 Å². The molecule has 0 aliphatic carbocycles. The Balaban J connectivity index is 2.25. The highest BCUT2D eigenvalue weighted by Crippen LogP contribution is 2.15. The minimum atomic E-state index is -0.230. The van der Waals surface area contributed by atoms with Crippen LogP contribution >= 0.6 is 11.3 Å². The smallest absolute Gasteiger partial charge is 0.0667 e. The van der Waals surface area contributed by atoms with Crippen molar-refractivity contribution in [3.63, 3.8) is 0 Å². The first-order chi connectivity index (χ1) is 7.09. The fraction of sp³-hybridized carbons (Fsp3) is 0.667. The first kappa shape index (κ1) is 12.7. The van der Waals surface area contributed by atoms with Crippen LogP contribution in [0.2, 0.25) is 0 Å². The average molecular weight is 227 g/mol. The van der Waals surface area contributed by atoms with Crippen molar-refractivity contribution in [2.75, 3.05) is 6.54 Å². The number of hydrogen-bond acceptors (Lipinski definition) is 3. The van der Waals surface area contributed by atoms with E-state index < -0.39 is 0 Å². The molecule has 2 atom stereocenters. The molecule has 0 radical (unpaired) electrons. The van der Waals surface area contributed by atoms with Crippen molar-refractivity contribution < 1.29 is 5.11 Å². The lowest BCUT2D eigenvalue weighted by Crippen LogP contribution is -2.29. The molecule has 0 aliphatic heterocycles. The van der Waals surface area contributed by atoms with Gasteiger partial charge in [0.25, 0.3) is 0 Å². The van der Waals surface area contributed by atoms with Gasteiger partial charge in [-0.15, -0.1) is 0 Å². The lowest BCUT2D eigenvalue weighted by molar-refractivity contribution is 0.143. The maximum atomic E-state index is 9.71. The molecule has 0 saturated carbocycles. The molecule has 2 unspecified atom stereocenters. The van der Waals surface area contributed by atoms with Gasteiger partial charge in [-0.25, -0.2) is 0 Å². The van der Waals surface area contributed by atoms with Crippen LogP contribution in [0.5, 0.6) is 0 Å². The Kier molecular flexibility index (Phi) is 5.29. The summed E-state index contributed by atoms with van der Waals surface area (Å²) in [6, 6.07) is 2.45. The molecule has 2 N–H and O–H groups in total. The molecule has 0 bridgehead atoms. The van der Waals surface area contributed by atoms with Gasteiger partial charge in [-0.2, -0.15) is 11.3 Å². The number of aliphatic hydroxyl groups excluding tert-OH is 1. The van der Waals surface area contributed by atoms with E-state index in [9.17, 15) is 5.11 Å². The first-order valence-electron chi connectivity index (χ1n) is 5.53. The Labute approximate surface area is 96.3 Å². The van der Waals surface area contributed by atoms with Gasteiger partial charge in [0, 0.05) is 12.6 Å². The second kappa shape index (κ2) is 6.26. The molecule has 0 amide bonds. The third-order valence-electron chi connectivity index (χ3n) is 2.45. The minimum absolute atomic E-state index is 0.230. The standard InChI is InChI=1S/C12H21NOS/c1-9(2)6-12(14)7-13-10(3)11-4-5-15-8-11/h4-5,8-10,12-14H,6-7H2,1-3H3. The van der Waals surface area contributed by atoms with Crippen LogP contribution < -0.4 is 5.32 Å². The molecule has 0 fully saturated rings. The first-order valence-corrected chi connectivity index (χ1v) is 6.47. The van der Waals surface area contributed by atoms with Crippen LogP contribution in [0.25, 0.3) is 0 Å². The number of rotatable bonds is 6. The zero-order valence-electron chi connectivity index (χ0n) is 9.73. The van der Waals surface area contributed by atoms with E-state index in [-0.39, 0.29) is 6.10 Å². The molecule has 1 heterocycles. The lowest BCUT2D eigenvalue weighted by atomic mass is 10.1. The normalized spacial score (nSPS) is 15.5. The summed E-state index contributed by atoms with van der Waals surface area (Å²) < 4.78 is 0. The molecule has 86 valence electrons. The zero-order valence-corrected chi connectivity index (χ0v) is 10.6. The van der Waals surface area contributed by atoms with E-state index in [0.717, 1.165) is 6.42 Å². The molecular formula is C12H21NOS. The van der Waals surface area contributed by atoms with Gasteiger partial charge in [0.05, 0.1) is 6.10 Å². The molecule has 15 heavy (non-hydrogen) atoms. The van der Waals surface area contributed by atoms with Crippen LogP contribution in [0.15, 0.2) is 16.8 Å². The number of hydrogen-bond donors (Lipinski definition) is 2. The van der Waals surface area contributed by atoms with Gasteiger partial charge in [0.1, 0.15) is 0 Å². The van der Waals surface area contributed by atoms with E-state index in [1.54, 1.807) is 11.3 Å². The molecule has 3 heteroatoms. The average Bonchev–Trinajstić information content (AvgIpc) is 2.65. The topological polar surface area (TPSA) is 32.3 Å². The predicted molar refractivity (Wildman–Crippen MR) is 66.2 cm³/mol. The second-order valence-electron chi connectivity index (χ2n) is 4.47. The Morgan fingerprint density at radius 1 is 1.40 bits per heavy atom. The summed E-state index contributed by atoms with van der Waals surface area (Å²) in [7, 11) is 0. The Hall–Kier alpha value is -0.380. The van der Waals surface area contributed by atoms with E-state index in [2.05, 4.69) is 42.9 Å². The quantitative estimate of drug-likeness (QED) is 0.783. The van der Waals surface area contributed by atoms with E-state index in [4.69, 9.17) is 0 Å². The molecule has 0 aromatic carbocycles. The van der Waals surface area contributed by atoms with E-state index in [1.165, 1.54) is 5.56 Å². The highest BCUT2D eigenvalue weighted by Gasteiger charge is 2.10. The maximum Gasteiger partial charge on any atom is 0.0667 e. The van der Waals surface area contributed by atoms with Crippen LogP contribution in [0, 0.1) is 5.92 Å². The van der Waals surface area contributed by atoms with Gasteiger partial charge in [0.15, 0.2) is 0 Å². The molecule has 1 aromatic rings. The van der Waals surface area contributed by atoms with Gasteiger partial charge in [-0.3, -0.25) is 0 Å². The van der Waals surface area contributed by atoms with E-state index >= 15 is 0 Å². The van der Waals surface area contributed by atoms with Gasteiger partial charge < -0.3 is 10.4 Å². The summed E-state index contributed by atoms with van der Waals surface area (Å²) in [5, 5.41) is 17.3. The summed E-state index contributed by atoms with van der Waals surface area (Å²) in [4.78, 5) is 0. The molecule has 1 aromatic heterocycles. The van der Waals surface area contributed by atoms with Crippen LogP contribution in [0.4, 0.5) is 0 Å². The van der Waals surface area contributed by atoms with Crippen molar-refractivity contribution in [2.24, 2.45) is 5.92 Å². The third-order valence-corrected chi connectivity index (χ3v) is 3.15. The number of aliphatic hydroxyl groups is 1. The summed E-state index contributed by atoms with van der Waals surface area (Å²) in [5.74, 6) is 0.554. The van der Waals surface area contributed by atoms with Crippen molar-refractivity contribution in [1.29, 1.82) is 0 Å². The van der Waals surface area contributed by atoms with E-state index in [0.29, 0.717) is 18.5 Å². The number of nitrogens with one attached hydrogen (secondary N) is 1. The van der Waals surface area contributed by atoms with Crippen molar-refractivity contribution in [3.05, 3.63) is 22.4 Å². The SMILES string of the molecule is CC(C)CC(O)CNC(C)c1ccsc1. The molecule has 0 aliphatic rings. The maximum absolute atomic E-state index is 9.71.